The highest BCUT2D eigenvalue weighted by molar-refractivity contribution is 14.1. The van der Waals surface area contributed by atoms with Crippen LogP contribution in [0.3, 0.4) is 0 Å². The first-order chi connectivity index (χ1) is 10.0. The first kappa shape index (κ1) is 16.0. The molecule has 108 valence electrons. The monoisotopic (exact) mass is 410 g/mol. The molecule has 0 atom stereocenters. The van der Waals surface area contributed by atoms with E-state index in [1.54, 1.807) is 16.2 Å². The second kappa shape index (κ2) is 7.05. The Bertz CT molecular complexity index is 682. The number of thiophene rings is 1. The maximum atomic E-state index is 12.7. The second-order valence-electron chi connectivity index (χ2n) is 4.85. The number of halogens is 1. The highest BCUT2D eigenvalue weighted by atomic mass is 127. The minimum atomic E-state index is -0.0468. The van der Waals surface area contributed by atoms with E-state index in [1.807, 2.05) is 37.4 Å². The second-order valence-corrected chi connectivity index (χ2v) is 7.66. The molecule has 5 heteroatoms. The molecule has 0 aliphatic rings. The first-order valence-corrected chi connectivity index (χ1v) is 8.48. The number of nitrogens with zero attached hydrogens (tertiary/aromatic N) is 2. The third kappa shape index (κ3) is 4.05. The Morgan fingerprint density at radius 3 is 2.48 bits per heavy atom. The van der Waals surface area contributed by atoms with Crippen molar-refractivity contribution in [3.05, 3.63) is 49.2 Å². The molecular weight excluding hydrogens is 395 g/mol. The summed E-state index contributed by atoms with van der Waals surface area (Å²) in [5.41, 5.74) is 3.76. The lowest BCUT2D eigenvalue weighted by atomic mass is 10.1. The molecule has 3 nitrogen and oxygen atoms in total. The summed E-state index contributed by atoms with van der Waals surface area (Å²) in [7, 11) is 0. The van der Waals surface area contributed by atoms with E-state index in [0.717, 1.165) is 19.7 Å². The van der Waals surface area contributed by atoms with Crippen LogP contribution in [-0.4, -0.2) is 12.5 Å². The SMILES string of the molecule is Cc1cc(C)cc(N(CCC#N)C(=O)c2csc(I)c2)c1. The quantitative estimate of drug-likeness (QED) is 0.696. The number of nitriles is 1. The van der Waals surface area contributed by atoms with Crippen LogP contribution >= 0.6 is 33.9 Å². The average Bonchev–Trinajstić information content (AvgIpc) is 2.84. The van der Waals surface area contributed by atoms with Crippen molar-refractivity contribution in [3.8, 4) is 6.07 Å². The minimum Gasteiger partial charge on any atom is -0.307 e. The summed E-state index contributed by atoms with van der Waals surface area (Å²) < 4.78 is 1.08. The maximum Gasteiger partial charge on any atom is 0.259 e. The van der Waals surface area contributed by atoms with Crippen molar-refractivity contribution in [2.24, 2.45) is 0 Å². The fourth-order valence-electron chi connectivity index (χ4n) is 2.19. The number of hydrogen-bond acceptors (Lipinski definition) is 3. The topological polar surface area (TPSA) is 44.1 Å². The molecule has 0 spiro atoms. The van der Waals surface area contributed by atoms with E-state index in [2.05, 4.69) is 34.7 Å². The highest BCUT2D eigenvalue weighted by Gasteiger charge is 2.19. The third-order valence-electron chi connectivity index (χ3n) is 3.02. The van der Waals surface area contributed by atoms with Gasteiger partial charge in [-0.05, 0) is 65.8 Å². The molecule has 0 unspecified atom stereocenters. The van der Waals surface area contributed by atoms with Crippen LogP contribution in [0.4, 0.5) is 5.69 Å². The molecule has 1 aromatic carbocycles. The molecular formula is C16H15IN2OS. The number of rotatable bonds is 4. The Morgan fingerprint density at radius 1 is 1.29 bits per heavy atom. The van der Waals surface area contributed by atoms with Gasteiger partial charge in [-0.25, -0.2) is 0 Å². The zero-order valence-electron chi connectivity index (χ0n) is 11.9. The Morgan fingerprint density at radius 2 is 1.95 bits per heavy atom. The van der Waals surface area contributed by atoms with Crippen LogP contribution < -0.4 is 4.90 Å². The van der Waals surface area contributed by atoms with Crippen molar-refractivity contribution in [3.63, 3.8) is 0 Å². The van der Waals surface area contributed by atoms with Crippen LogP contribution in [0, 0.1) is 28.1 Å². The molecule has 0 saturated carbocycles. The molecule has 0 bridgehead atoms. The lowest BCUT2D eigenvalue weighted by Crippen LogP contribution is -2.31. The summed E-state index contributed by atoms with van der Waals surface area (Å²) in [6.07, 6.45) is 0.319. The van der Waals surface area contributed by atoms with E-state index in [0.29, 0.717) is 18.5 Å². The van der Waals surface area contributed by atoms with E-state index in [-0.39, 0.29) is 5.91 Å². The molecule has 21 heavy (non-hydrogen) atoms. The van der Waals surface area contributed by atoms with Crippen LogP contribution in [0.2, 0.25) is 0 Å². The van der Waals surface area contributed by atoms with Crippen molar-refractivity contribution < 1.29 is 4.79 Å². The molecule has 1 aromatic heterocycles. The van der Waals surface area contributed by atoms with E-state index >= 15 is 0 Å². The van der Waals surface area contributed by atoms with E-state index < -0.39 is 0 Å². The van der Waals surface area contributed by atoms with E-state index in [1.165, 1.54) is 0 Å². The lowest BCUT2D eigenvalue weighted by molar-refractivity contribution is 0.0988. The fourth-order valence-corrected chi connectivity index (χ4v) is 3.51. The van der Waals surface area contributed by atoms with Gasteiger partial charge >= 0.3 is 0 Å². The zero-order chi connectivity index (χ0) is 15.4. The predicted molar refractivity (Wildman–Crippen MR) is 94.9 cm³/mol. The van der Waals surface area contributed by atoms with Gasteiger partial charge in [0.25, 0.3) is 5.91 Å². The van der Waals surface area contributed by atoms with Gasteiger partial charge in [0.1, 0.15) is 0 Å². The molecule has 0 fully saturated rings. The van der Waals surface area contributed by atoms with Gasteiger partial charge in [0.05, 0.1) is 20.9 Å². The Hall–Kier alpha value is -1.39. The van der Waals surface area contributed by atoms with Crippen molar-refractivity contribution >= 4 is 45.5 Å². The van der Waals surface area contributed by atoms with Gasteiger partial charge in [0, 0.05) is 17.6 Å². The Labute approximate surface area is 142 Å². The summed E-state index contributed by atoms with van der Waals surface area (Å²) in [6, 6.07) is 10.0. The van der Waals surface area contributed by atoms with Gasteiger partial charge in [-0.2, -0.15) is 5.26 Å². The summed E-state index contributed by atoms with van der Waals surface area (Å²) >= 11 is 3.76. The number of carbonyl (C=O) groups is 1. The van der Waals surface area contributed by atoms with Crippen LogP contribution in [-0.2, 0) is 0 Å². The van der Waals surface area contributed by atoms with Gasteiger partial charge in [-0.3, -0.25) is 4.79 Å². The van der Waals surface area contributed by atoms with Crippen molar-refractivity contribution in [2.45, 2.75) is 20.3 Å². The number of carbonyl (C=O) groups excluding carboxylic acids is 1. The van der Waals surface area contributed by atoms with E-state index in [9.17, 15) is 4.79 Å². The summed E-state index contributed by atoms with van der Waals surface area (Å²) in [4.78, 5) is 14.4. The Kier molecular flexibility index (Phi) is 5.37. The third-order valence-corrected chi connectivity index (χ3v) is 4.81. The molecule has 0 saturated heterocycles. The minimum absolute atomic E-state index is 0.0468. The fraction of sp³-hybridized carbons (Fsp3) is 0.250. The van der Waals surface area contributed by atoms with Crippen molar-refractivity contribution in [1.29, 1.82) is 5.26 Å². The van der Waals surface area contributed by atoms with E-state index in [4.69, 9.17) is 5.26 Å². The maximum absolute atomic E-state index is 12.7. The number of anilines is 1. The van der Waals surface area contributed by atoms with Gasteiger partial charge in [0.2, 0.25) is 0 Å². The molecule has 2 aromatic rings. The van der Waals surface area contributed by atoms with Crippen molar-refractivity contribution in [1.82, 2.24) is 0 Å². The standard InChI is InChI=1S/C16H15IN2OS/c1-11-6-12(2)8-14(7-11)19(5-3-4-18)16(20)13-9-15(17)21-10-13/h6-10H,3,5H2,1-2H3. The number of aryl methyl sites for hydroxylation is 2. The van der Waals surface area contributed by atoms with Gasteiger partial charge in [0.15, 0.2) is 0 Å². The summed E-state index contributed by atoms with van der Waals surface area (Å²) in [6.45, 7) is 4.43. The smallest absolute Gasteiger partial charge is 0.259 e. The molecule has 1 heterocycles. The molecule has 0 N–H and O–H groups in total. The Balaban J connectivity index is 2.38. The predicted octanol–water partition coefficient (Wildman–Crippen LogP) is 4.53. The van der Waals surface area contributed by atoms with Gasteiger partial charge in [-0.15, -0.1) is 11.3 Å². The van der Waals surface area contributed by atoms with Crippen LogP contribution in [0.25, 0.3) is 0 Å². The number of hydrogen-bond donors (Lipinski definition) is 0. The van der Waals surface area contributed by atoms with Crippen LogP contribution in [0.1, 0.15) is 27.9 Å². The molecule has 0 radical (unpaired) electrons. The number of benzene rings is 1. The van der Waals surface area contributed by atoms with Gasteiger partial charge in [-0.1, -0.05) is 6.07 Å². The average molecular weight is 410 g/mol. The molecule has 2 rings (SSSR count). The highest BCUT2D eigenvalue weighted by Crippen LogP contribution is 2.24. The molecule has 0 aliphatic carbocycles. The lowest BCUT2D eigenvalue weighted by Gasteiger charge is -2.22. The molecule has 1 amide bonds. The first-order valence-electron chi connectivity index (χ1n) is 6.52. The van der Waals surface area contributed by atoms with Gasteiger partial charge < -0.3 is 4.90 Å². The summed E-state index contributed by atoms with van der Waals surface area (Å²) in [5.74, 6) is -0.0468. The normalized spacial score (nSPS) is 10.2. The largest absolute Gasteiger partial charge is 0.307 e. The number of amides is 1. The summed E-state index contributed by atoms with van der Waals surface area (Å²) in [5, 5.41) is 10.7. The molecule has 0 aliphatic heterocycles. The van der Waals surface area contributed by atoms with Crippen LogP contribution in [0.15, 0.2) is 29.6 Å². The van der Waals surface area contributed by atoms with Crippen molar-refractivity contribution in [2.75, 3.05) is 11.4 Å². The van der Waals surface area contributed by atoms with Crippen LogP contribution in [0.5, 0.6) is 0 Å². The zero-order valence-corrected chi connectivity index (χ0v) is 14.9.